The molecule has 0 amide bonds. The number of thiophene rings is 1. The summed E-state index contributed by atoms with van der Waals surface area (Å²) in [5.41, 5.74) is 2.29. The third kappa shape index (κ3) is 3.89. The number of hydrogen-bond donors (Lipinski definition) is 1. The normalized spacial score (nSPS) is 18.5. The Kier molecular flexibility index (Phi) is 5.87. The number of hydrogen-bond acceptors (Lipinski definition) is 7. The average molecular weight is 400 g/mol. The van der Waals surface area contributed by atoms with Crippen LogP contribution in [-0.4, -0.2) is 54.1 Å². The van der Waals surface area contributed by atoms with Crippen molar-refractivity contribution in [2.75, 3.05) is 31.8 Å². The van der Waals surface area contributed by atoms with Gasteiger partial charge < -0.3 is 19.5 Å². The van der Waals surface area contributed by atoms with Gasteiger partial charge in [-0.2, -0.15) is 0 Å². The molecule has 1 aromatic carbocycles. The van der Waals surface area contributed by atoms with E-state index in [4.69, 9.17) is 19.4 Å². The van der Waals surface area contributed by atoms with Crippen molar-refractivity contribution in [3.8, 4) is 11.1 Å². The monoisotopic (exact) mass is 399 g/mol. The number of methoxy groups -OCH3 is 1. The van der Waals surface area contributed by atoms with Crippen molar-refractivity contribution < 1.29 is 14.6 Å². The molecule has 3 heterocycles. The molecular weight excluding hydrogens is 374 g/mol. The van der Waals surface area contributed by atoms with Gasteiger partial charge in [0.2, 0.25) is 0 Å². The molecule has 1 aliphatic heterocycles. The second-order valence-electron chi connectivity index (χ2n) is 7.10. The fourth-order valence-electron chi connectivity index (χ4n) is 3.72. The molecule has 1 fully saturated rings. The lowest BCUT2D eigenvalue weighted by molar-refractivity contribution is 0.0718. The first-order valence-corrected chi connectivity index (χ1v) is 10.4. The lowest BCUT2D eigenvalue weighted by Crippen LogP contribution is -2.47. The predicted molar refractivity (Wildman–Crippen MR) is 112 cm³/mol. The van der Waals surface area contributed by atoms with Crippen LogP contribution in [0.5, 0.6) is 0 Å². The number of nitrogens with zero attached hydrogens (tertiary/aromatic N) is 3. The Hall–Kier alpha value is -2.06. The third-order valence-electron chi connectivity index (χ3n) is 4.93. The van der Waals surface area contributed by atoms with Gasteiger partial charge in [-0.05, 0) is 18.9 Å². The fourth-order valence-corrected chi connectivity index (χ4v) is 4.68. The Labute approximate surface area is 168 Å². The van der Waals surface area contributed by atoms with Gasteiger partial charge in [0.25, 0.3) is 0 Å². The standard InChI is InChI=1S/C21H25N3O3S/c1-14(25)10-16-11-27-9-8-24(16)20-19-17(15-6-4-3-5-7-15)13-28-21(19)23-18(22-20)12-26-2/h3-7,13-14,16,25H,8-12H2,1-2H3. The van der Waals surface area contributed by atoms with Crippen LogP contribution in [-0.2, 0) is 16.1 Å². The molecule has 148 valence electrons. The molecule has 4 rings (SSSR count). The topological polar surface area (TPSA) is 67.7 Å². The number of anilines is 1. The highest BCUT2D eigenvalue weighted by Crippen LogP contribution is 2.39. The highest BCUT2D eigenvalue weighted by molar-refractivity contribution is 7.17. The molecule has 2 atom stereocenters. The Balaban J connectivity index is 1.87. The molecule has 0 bridgehead atoms. The van der Waals surface area contributed by atoms with Gasteiger partial charge in [0.05, 0.1) is 30.7 Å². The molecule has 7 heteroatoms. The second-order valence-corrected chi connectivity index (χ2v) is 7.96. The number of aromatic nitrogens is 2. The predicted octanol–water partition coefficient (Wildman–Crippen LogP) is 3.48. The molecule has 3 aromatic rings. The van der Waals surface area contributed by atoms with Crippen LogP contribution in [0, 0.1) is 0 Å². The number of aliphatic hydroxyl groups is 1. The zero-order valence-electron chi connectivity index (χ0n) is 16.2. The number of benzene rings is 1. The van der Waals surface area contributed by atoms with Crippen LogP contribution < -0.4 is 4.90 Å². The van der Waals surface area contributed by atoms with Gasteiger partial charge in [0.1, 0.15) is 17.3 Å². The van der Waals surface area contributed by atoms with E-state index in [9.17, 15) is 5.11 Å². The number of ether oxygens (including phenoxy) is 2. The van der Waals surface area contributed by atoms with Crippen molar-refractivity contribution >= 4 is 27.4 Å². The van der Waals surface area contributed by atoms with E-state index in [1.807, 2.05) is 25.1 Å². The summed E-state index contributed by atoms with van der Waals surface area (Å²) in [6, 6.07) is 10.4. The minimum absolute atomic E-state index is 0.0748. The first-order chi connectivity index (χ1) is 13.7. The van der Waals surface area contributed by atoms with Gasteiger partial charge in [-0.1, -0.05) is 30.3 Å². The molecule has 0 aliphatic carbocycles. The van der Waals surface area contributed by atoms with Crippen LogP contribution in [0.25, 0.3) is 21.3 Å². The Morgan fingerprint density at radius 1 is 1.32 bits per heavy atom. The first-order valence-electron chi connectivity index (χ1n) is 9.52. The van der Waals surface area contributed by atoms with Crippen molar-refractivity contribution in [3.63, 3.8) is 0 Å². The summed E-state index contributed by atoms with van der Waals surface area (Å²) in [5.74, 6) is 1.58. The zero-order chi connectivity index (χ0) is 19.5. The SMILES string of the molecule is COCc1nc(N2CCOCC2CC(C)O)c2c(-c3ccccc3)csc2n1. The van der Waals surface area contributed by atoms with Crippen molar-refractivity contribution in [3.05, 3.63) is 41.5 Å². The van der Waals surface area contributed by atoms with Gasteiger partial charge in [-0.15, -0.1) is 11.3 Å². The molecule has 0 spiro atoms. The number of rotatable bonds is 6. The van der Waals surface area contributed by atoms with E-state index in [1.165, 1.54) is 0 Å². The van der Waals surface area contributed by atoms with Gasteiger partial charge in [-0.3, -0.25) is 0 Å². The van der Waals surface area contributed by atoms with Crippen molar-refractivity contribution in [1.29, 1.82) is 0 Å². The maximum atomic E-state index is 9.98. The van der Waals surface area contributed by atoms with E-state index < -0.39 is 6.10 Å². The first kappa shape index (κ1) is 19.3. The van der Waals surface area contributed by atoms with E-state index in [0.29, 0.717) is 32.1 Å². The number of morpholine rings is 1. The largest absolute Gasteiger partial charge is 0.393 e. The minimum atomic E-state index is -0.402. The van der Waals surface area contributed by atoms with Crippen molar-refractivity contribution in [2.45, 2.75) is 32.1 Å². The zero-order valence-corrected chi connectivity index (χ0v) is 17.0. The Morgan fingerprint density at radius 3 is 2.89 bits per heavy atom. The van der Waals surface area contributed by atoms with Crippen LogP contribution in [0.2, 0.25) is 0 Å². The molecule has 2 aromatic heterocycles. The van der Waals surface area contributed by atoms with E-state index in [2.05, 4.69) is 22.4 Å². The van der Waals surface area contributed by atoms with Gasteiger partial charge in [-0.25, -0.2) is 9.97 Å². The number of fused-ring (bicyclic) bond motifs is 1. The van der Waals surface area contributed by atoms with Crippen molar-refractivity contribution in [1.82, 2.24) is 9.97 Å². The lowest BCUT2D eigenvalue weighted by Gasteiger charge is -2.37. The molecule has 1 N–H and O–H groups in total. The lowest BCUT2D eigenvalue weighted by atomic mass is 10.0. The van der Waals surface area contributed by atoms with E-state index >= 15 is 0 Å². The molecule has 1 saturated heterocycles. The van der Waals surface area contributed by atoms with E-state index in [0.717, 1.165) is 33.7 Å². The Bertz CT molecular complexity index is 929. The quantitative estimate of drug-likeness (QED) is 0.684. The fraction of sp³-hybridized carbons (Fsp3) is 0.429. The Morgan fingerprint density at radius 2 is 2.14 bits per heavy atom. The molecule has 6 nitrogen and oxygen atoms in total. The molecular formula is C21H25N3O3S. The van der Waals surface area contributed by atoms with Crippen LogP contribution in [0.3, 0.4) is 0 Å². The van der Waals surface area contributed by atoms with Crippen molar-refractivity contribution in [2.24, 2.45) is 0 Å². The van der Waals surface area contributed by atoms with E-state index in [1.54, 1.807) is 18.4 Å². The summed E-state index contributed by atoms with van der Waals surface area (Å²) in [5, 5.41) is 13.2. The van der Waals surface area contributed by atoms with Gasteiger partial charge >= 0.3 is 0 Å². The highest BCUT2D eigenvalue weighted by Gasteiger charge is 2.29. The second kappa shape index (κ2) is 8.53. The van der Waals surface area contributed by atoms with Gasteiger partial charge in [0.15, 0.2) is 5.82 Å². The molecule has 2 unspecified atom stereocenters. The summed E-state index contributed by atoms with van der Waals surface area (Å²) in [6.45, 7) is 4.15. The summed E-state index contributed by atoms with van der Waals surface area (Å²) >= 11 is 1.63. The highest BCUT2D eigenvalue weighted by atomic mass is 32.1. The maximum absolute atomic E-state index is 9.98. The molecule has 0 radical (unpaired) electrons. The van der Waals surface area contributed by atoms with Crippen LogP contribution >= 0.6 is 11.3 Å². The molecule has 28 heavy (non-hydrogen) atoms. The minimum Gasteiger partial charge on any atom is -0.393 e. The number of aliphatic hydroxyl groups excluding tert-OH is 1. The summed E-state index contributed by atoms with van der Waals surface area (Å²) in [6.07, 6.45) is 0.233. The smallest absolute Gasteiger partial charge is 0.158 e. The van der Waals surface area contributed by atoms with E-state index in [-0.39, 0.29) is 6.04 Å². The molecule has 0 saturated carbocycles. The third-order valence-corrected chi connectivity index (χ3v) is 5.80. The summed E-state index contributed by atoms with van der Waals surface area (Å²) < 4.78 is 11.0. The van der Waals surface area contributed by atoms with Gasteiger partial charge in [0, 0.05) is 24.6 Å². The van der Waals surface area contributed by atoms with Crippen LogP contribution in [0.1, 0.15) is 19.2 Å². The maximum Gasteiger partial charge on any atom is 0.158 e. The molecule has 1 aliphatic rings. The van der Waals surface area contributed by atoms with Crippen LogP contribution in [0.15, 0.2) is 35.7 Å². The summed E-state index contributed by atoms with van der Waals surface area (Å²) in [7, 11) is 1.65. The summed E-state index contributed by atoms with van der Waals surface area (Å²) in [4.78, 5) is 12.9. The average Bonchev–Trinajstić information content (AvgIpc) is 3.12. The van der Waals surface area contributed by atoms with Crippen LogP contribution in [0.4, 0.5) is 5.82 Å².